The van der Waals surface area contributed by atoms with Crippen LogP contribution in [0.1, 0.15) is 10.4 Å². The number of halogens is 2. The number of hydrogen-bond donors (Lipinski definition) is 0. The SMILES string of the molecule is O=C1c2c(nc3ccc(F)cc3c2Oc2ccc(Cl)cc2)-c2cccn21. The molecule has 6 heteroatoms. The molecule has 0 spiro atoms. The van der Waals surface area contributed by atoms with Crippen molar-refractivity contribution in [2.45, 2.75) is 0 Å². The number of fused-ring (bicyclic) bond motifs is 4. The van der Waals surface area contributed by atoms with Gasteiger partial charge in [0.2, 0.25) is 0 Å². The molecule has 0 radical (unpaired) electrons. The van der Waals surface area contributed by atoms with Crippen LogP contribution in [0.5, 0.6) is 11.5 Å². The third-order valence-electron chi connectivity index (χ3n) is 4.36. The highest BCUT2D eigenvalue weighted by Gasteiger charge is 2.33. The van der Waals surface area contributed by atoms with Crippen molar-refractivity contribution in [2.75, 3.05) is 0 Å². The van der Waals surface area contributed by atoms with Crippen LogP contribution in [0, 0.1) is 5.82 Å². The van der Waals surface area contributed by atoms with E-state index >= 15 is 0 Å². The Morgan fingerprint density at radius 2 is 1.88 bits per heavy atom. The number of ether oxygens (including phenoxy) is 1. The van der Waals surface area contributed by atoms with Crippen LogP contribution in [-0.4, -0.2) is 15.5 Å². The second-order valence-electron chi connectivity index (χ2n) is 5.95. The Labute approximate surface area is 152 Å². The number of rotatable bonds is 2. The Bertz CT molecular complexity index is 1200. The maximum Gasteiger partial charge on any atom is 0.268 e. The fourth-order valence-corrected chi connectivity index (χ4v) is 3.31. The molecule has 4 nitrogen and oxygen atoms in total. The first kappa shape index (κ1) is 15.1. The first-order valence-electron chi connectivity index (χ1n) is 7.91. The lowest BCUT2D eigenvalue weighted by Crippen LogP contribution is -2.06. The lowest BCUT2D eigenvalue weighted by Gasteiger charge is -2.13. The minimum atomic E-state index is -0.426. The zero-order valence-corrected chi connectivity index (χ0v) is 14.0. The van der Waals surface area contributed by atoms with Crippen LogP contribution in [0.25, 0.3) is 22.3 Å². The van der Waals surface area contributed by atoms with Crippen molar-refractivity contribution in [1.29, 1.82) is 0 Å². The normalized spacial score (nSPS) is 12.3. The van der Waals surface area contributed by atoms with Crippen molar-refractivity contribution in [1.82, 2.24) is 9.55 Å². The summed E-state index contributed by atoms with van der Waals surface area (Å²) >= 11 is 5.92. The molecule has 0 fully saturated rings. The zero-order chi connectivity index (χ0) is 17.8. The summed E-state index contributed by atoms with van der Waals surface area (Å²) in [5.41, 5.74) is 2.10. The molecule has 4 aromatic rings. The molecule has 0 saturated carbocycles. The highest BCUT2D eigenvalue weighted by atomic mass is 35.5. The Balaban J connectivity index is 1.80. The molecule has 0 saturated heterocycles. The average Bonchev–Trinajstić information content (AvgIpc) is 3.21. The third-order valence-corrected chi connectivity index (χ3v) is 4.61. The van der Waals surface area contributed by atoms with E-state index in [1.165, 1.54) is 16.7 Å². The van der Waals surface area contributed by atoms with Gasteiger partial charge in [-0.3, -0.25) is 9.36 Å². The largest absolute Gasteiger partial charge is 0.456 e. The molecule has 2 aromatic heterocycles. The first-order valence-corrected chi connectivity index (χ1v) is 8.29. The van der Waals surface area contributed by atoms with Crippen LogP contribution in [-0.2, 0) is 0 Å². The Hall–Kier alpha value is -3.18. The van der Waals surface area contributed by atoms with Crippen molar-refractivity contribution < 1.29 is 13.9 Å². The van der Waals surface area contributed by atoms with Crippen molar-refractivity contribution in [3.63, 3.8) is 0 Å². The zero-order valence-electron chi connectivity index (χ0n) is 13.2. The van der Waals surface area contributed by atoms with Gasteiger partial charge in [0, 0.05) is 16.6 Å². The molecule has 26 heavy (non-hydrogen) atoms. The molecular weight excluding hydrogens is 355 g/mol. The molecule has 0 unspecified atom stereocenters. The third kappa shape index (κ3) is 2.14. The van der Waals surface area contributed by atoms with Crippen molar-refractivity contribution in [2.24, 2.45) is 0 Å². The highest BCUT2D eigenvalue weighted by molar-refractivity contribution is 6.30. The van der Waals surface area contributed by atoms with Gasteiger partial charge in [0.1, 0.15) is 22.8 Å². The molecule has 3 heterocycles. The van der Waals surface area contributed by atoms with Crippen LogP contribution in [0.4, 0.5) is 4.39 Å². The van der Waals surface area contributed by atoms with Gasteiger partial charge >= 0.3 is 0 Å². The lowest BCUT2D eigenvalue weighted by atomic mass is 10.1. The standard InChI is InChI=1S/C20H10ClFN2O2/c21-11-3-6-13(7-4-11)26-19-14-10-12(22)5-8-15(14)23-18-16-2-1-9-24(16)20(25)17(18)19/h1-10H. The summed E-state index contributed by atoms with van der Waals surface area (Å²) in [4.78, 5) is 17.4. The van der Waals surface area contributed by atoms with Crippen LogP contribution < -0.4 is 4.74 Å². The smallest absolute Gasteiger partial charge is 0.268 e. The number of nitrogens with zero attached hydrogens (tertiary/aromatic N) is 2. The molecule has 0 N–H and O–H groups in total. The van der Waals surface area contributed by atoms with Gasteiger partial charge in [-0.15, -0.1) is 0 Å². The number of carbonyl (C=O) groups is 1. The molecule has 0 amide bonds. The van der Waals surface area contributed by atoms with Gasteiger partial charge < -0.3 is 4.74 Å². The number of benzene rings is 2. The monoisotopic (exact) mass is 364 g/mol. The lowest BCUT2D eigenvalue weighted by molar-refractivity contribution is 0.0967. The predicted octanol–water partition coefficient (Wildman–Crippen LogP) is 5.29. The summed E-state index contributed by atoms with van der Waals surface area (Å²) in [6, 6.07) is 14.6. The van der Waals surface area contributed by atoms with Gasteiger partial charge in [-0.25, -0.2) is 9.37 Å². The highest BCUT2D eigenvalue weighted by Crippen LogP contribution is 2.42. The fourth-order valence-electron chi connectivity index (χ4n) is 3.19. The summed E-state index contributed by atoms with van der Waals surface area (Å²) in [7, 11) is 0. The van der Waals surface area contributed by atoms with Gasteiger partial charge in [-0.1, -0.05) is 11.6 Å². The second-order valence-corrected chi connectivity index (χ2v) is 6.39. The van der Waals surface area contributed by atoms with E-state index in [1.54, 1.807) is 42.6 Å². The molecular formula is C20H10ClFN2O2. The van der Waals surface area contributed by atoms with E-state index in [2.05, 4.69) is 4.98 Å². The Kier molecular flexibility index (Phi) is 3.14. The van der Waals surface area contributed by atoms with E-state index in [0.29, 0.717) is 44.4 Å². The quantitative estimate of drug-likeness (QED) is 0.427. The Morgan fingerprint density at radius 1 is 1.08 bits per heavy atom. The van der Waals surface area contributed by atoms with Crippen LogP contribution in [0.2, 0.25) is 5.02 Å². The molecule has 126 valence electrons. The number of pyridine rings is 1. The van der Waals surface area contributed by atoms with Gasteiger partial charge in [0.15, 0.2) is 5.75 Å². The summed E-state index contributed by atoms with van der Waals surface area (Å²) in [6.07, 6.45) is 1.68. The van der Waals surface area contributed by atoms with E-state index in [1.807, 2.05) is 6.07 Å². The van der Waals surface area contributed by atoms with Gasteiger partial charge in [0.25, 0.3) is 5.91 Å². The second kappa shape index (κ2) is 5.41. The van der Waals surface area contributed by atoms with E-state index in [4.69, 9.17) is 16.3 Å². The molecule has 0 atom stereocenters. The maximum absolute atomic E-state index is 13.9. The molecule has 0 bridgehead atoms. The minimum Gasteiger partial charge on any atom is -0.456 e. The molecule has 0 aliphatic carbocycles. The van der Waals surface area contributed by atoms with E-state index < -0.39 is 5.82 Å². The summed E-state index contributed by atoms with van der Waals surface area (Å²) < 4.78 is 21.4. The minimum absolute atomic E-state index is 0.248. The van der Waals surface area contributed by atoms with E-state index in [9.17, 15) is 9.18 Å². The van der Waals surface area contributed by atoms with Crippen LogP contribution >= 0.6 is 11.6 Å². The molecule has 5 rings (SSSR count). The number of aromatic nitrogens is 2. The van der Waals surface area contributed by atoms with Crippen LogP contribution in [0.15, 0.2) is 60.8 Å². The maximum atomic E-state index is 13.9. The average molecular weight is 365 g/mol. The van der Waals surface area contributed by atoms with Crippen molar-refractivity contribution >= 4 is 28.4 Å². The van der Waals surface area contributed by atoms with Crippen molar-refractivity contribution in [3.05, 3.63) is 77.2 Å². The Morgan fingerprint density at radius 3 is 2.69 bits per heavy atom. The number of carbonyl (C=O) groups excluding carboxylic acids is 1. The van der Waals surface area contributed by atoms with Gasteiger partial charge in [-0.2, -0.15) is 0 Å². The summed E-state index contributed by atoms with van der Waals surface area (Å²) in [6.45, 7) is 0. The summed E-state index contributed by atoms with van der Waals surface area (Å²) in [5.74, 6) is 0.117. The predicted molar refractivity (Wildman–Crippen MR) is 96.4 cm³/mol. The fraction of sp³-hybridized carbons (Fsp3) is 0. The molecule has 1 aliphatic heterocycles. The van der Waals surface area contributed by atoms with E-state index in [-0.39, 0.29) is 5.91 Å². The molecule has 1 aliphatic rings. The topological polar surface area (TPSA) is 44.1 Å². The van der Waals surface area contributed by atoms with Gasteiger partial charge in [-0.05, 0) is 54.6 Å². The number of hydrogen-bond acceptors (Lipinski definition) is 3. The molecule has 2 aromatic carbocycles. The summed E-state index contributed by atoms with van der Waals surface area (Å²) in [5, 5.41) is 1.01. The van der Waals surface area contributed by atoms with Gasteiger partial charge in [0.05, 0.1) is 11.2 Å². The van der Waals surface area contributed by atoms with E-state index in [0.717, 1.165) is 0 Å². The first-order chi connectivity index (χ1) is 12.6. The van der Waals surface area contributed by atoms with Crippen molar-refractivity contribution in [3.8, 4) is 22.9 Å². The van der Waals surface area contributed by atoms with Crippen LogP contribution in [0.3, 0.4) is 0 Å².